The van der Waals surface area contributed by atoms with E-state index in [2.05, 4.69) is 26.6 Å². The summed E-state index contributed by atoms with van der Waals surface area (Å²) >= 11 is 2.87. The molecule has 0 radical (unpaired) electrons. The van der Waals surface area contributed by atoms with Crippen molar-refractivity contribution in [1.82, 2.24) is 5.32 Å². The number of carboxylic acid groups (broad SMARTS) is 1. The monoisotopic (exact) mass is 364 g/mol. The third-order valence-corrected chi connectivity index (χ3v) is 3.25. The Hall–Kier alpha value is -1.70. The number of hydrogen-bond acceptors (Lipinski definition) is 2. The van der Waals surface area contributed by atoms with Crippen molar-refractivity contribution in [1.29, 1.82) is 0 Å². The van der Waals surface area contributed by atoms with E-state index in [0.29, 0.717) is 6.07 Å². The van der Waals surface area contributed by atoms with Gasteiger partial charge in [-0.2, -0.15) is 0 Å². The maximum Gasteiger partial charge on any atom is 0.326 e. The fourth-order valence-electron chi connectivity index (χ4n) is 1.56. The summed E-state index contributed by atoms with van der Waals surface area (Å²) in [7, 11) is 0. The minimum absolute atomic E-state index is 0.0233. The molecule has 0 unspecified atom stereocenters. The van der Waals surface area contributed by atoms with Crippen LogP contribution < -0.4 is 10.6 Å². The van der Waals surface area contributed by atoms with Crippen LogP contribution in [0, 0.1) is 17.0 Å². The van der Waals surface area contributed by atoms with Crippen molar-refractivity contribution >= 4 is 33.6 Å². The lowest BCUT2D eigenvalue weighted by atomic mass is 9.87. The number of anilines is 1. The second-order valence-corrected chi connectivity index (χ2v) is 6.34. The fraction of sp³-hybridized carbons (Fsp3) is 0.385. The van der Waals surface area contributed by atoms with Crippen LogP contribution in [0.3, 0.4) is 0 Å². The van der Waals surface area contributed by atoms with Crippen LogP contribution >= 0.6 is 15.9 Å². The first-order valence-corrected chi connectivity index (χ1v) is 6.76. The molecule has 2 amide bonds. The van der Waals surface area contributed by atoms with E-state index in [1.54, 1.807) is 20.8 Å². The number of carbonyl (C=O) groups excluding carboxylic acids is 1. The van der Waals surface area contributed by atoms with Gasteiger partial charge in [-0.05, 0) is 27.4 Å². The summed E-state index contributed by atoms with van der Waals surface area (Å²) in [5.74, 6) is -2.98. The average Bonchev–Trinajstić information content (AvgIpc) is 2.31. The van der Waals surface area contributed by atoms with Gasteiger partial charge in [0.2, 0.25) is 0 Å². The zero-order chi connectivity index (χ0) is 16.4. The van der Waals surface area contributed by atoms with Crippen molar-refractivity contribution < 1.29 is 23.5 Å². The van der Waals surface area contributed by atoms with Crippen LogP contribution in [0.5, 0.6) is 0 Å². The van der Waals surface area contributed by atoms with Gasteiger partial charge in [-0.15, -0.1) is 0 Å². The molecular weight excluding hydrogens is 350 g/mol. The standard InChI is InChI=1S/C13H15BrF2N2O3/c1-13(2,3)10(11(19)20)18-12(21)17-9-4-6(14)7(15)5-8(9)16/h4-5,10H,1-3H3,(H,19,20)(H2,17,18,21)/t10-/m0/s1. The van der Waals surface area contributed by atoms with Gasteiger partial charge in [0.1, 0.15) is 17.7 Å². The molecule has 1 aromatic rings. The lowest BCUT2D eigenvalue weighted by molar-refractivity contribution is -0.141. The Bertz CT molecular complexity index is 573. The summed E-state index contributed by atoms with van der Waals surface area (Å²) in [5.41, 5.74) is -0.996. The Morgan fingerprint density at radius 1 is 1.24 bits per heavy atom. The maximum absolute atomic E-state index is 13.5. The molecule has 0 aromatic heterocycles. The zero-order valence-corrected chi connectivity index (χ0v) is 13.2. The van der Waals surface area contributed by atoms with Crippen LogP contribution in [-0.4, -0.2) is 23.1 Å². The molecule has 5 nitrogen and oxygen atoms in total. The molecule has 1 rings (SSSR count). The maximum atomic E-state index is 13.5. The van der Waals surface area contributed by atoms with Gasteiger partial charge in [-0.1, -0.05) is 20.8 Å². The molecule has 8 heteroatoms. The Labute approximate surface area is 128 Å². The highest BCUT2D eigenvalue weighted by molar-refractivity contribution is 9.10. The molecule has 0 aliphatic carbocycles. The normalized spacial score (nSPS) is 12.7. The molecule has 0 aliphatic rings. The number of halogens is 3. The quantitative estimate of drug-likeness (QED) is 0.719. The van der Waals surface area contributed by atoms with Gasteiger partial charge in [0.05, 0.1) is 10.2 Å². The first-order valence-electron chi connectivity index (χ1n) is 5.97. The lowest BCUT2D eigenvalue weighted by Crippen LogP contribution is -2.50. The van der Waals surface area contributed by atoms with E-state index >= 15 is 0 Å². The Morgan fingerprint density at radius 2 is 1.81 bits per heavy atom. The topological polar surface area (TPSA) is 78.4 Å². The molecule has 3 N–H and O–H groups in total. The SMILES string of the molecule is CC(C)(C)[C@@H](NC(=O)Nc1cc(Br)c(F)cc1F)C(=O)O. The van der Waals surface area contributed by atoms with Gasteiger partial charge in [0.25, 0.3) is 0 Å². The highest BCUT2D eigenvalue weighted by Crippen LogP contribution is 2.24. The number of hydrogen-bond donors (Lipinski definition) is 3. The number of aliphatic carboxylic acids is 1. The van der Waals surface area contributed by atoms with Gasteiger partial charge in [0, 0.05) is 6.07 Å². The highest BCUT2D eigenvalue weighted by atomic mass is 79.9. The van der Waals surface area contributed by atoms with Crippen LogP contribution in [0.15, 0.2) is 16.6 Å². The zero-order valence-electron chi connectivity index (χ0n) is 11.6. The first-order chi connectivity index (χ1) is 9.52. The molecule has 0 bridgehead atoms. The summed E-state index contributed by atoms with van der Waals surface area (Å²) in [4.78, 5) is 22.9. The molecule has 0 saturated heterocycles. The number of amides is 2. The number of urea groups is 1. The van der Waals surface area contributed by atoms with Gasteiger partial charge in [0.15, 0.2) is 0 Å². The molecule has 116 valence electrons. The molecule has 0 aliphatic heterocycles. The predicted molar refractivity (Wildman–Crippen MR) is 77.1 cm³/mol. The van der Waals surface area contributed by atoms with Crippen molar-refractivity contribution in [3.05, 3.63) is 28.2 Å². The van der Waals surface area contributed by atoms with Gasteiger partial charge < -0.3 is 15.7 Å². The number of carbonyl (C=O) groups is 2. The first kappa shape index (κ1) is 17.4. The third kappa shape index (κ3) is 4.66. The van der Waals surface area contributed by atoms with Crippen LogP contribution in [0.1, 0.15) is 20.8 Å². The average molecular weight is 365 g/mol. The molecule has 1 aromatic carbocycles. The Morgan fingerprint density at radius 3 is 2.29 bits per heavy atom. The van der Waals surface area contributed by atoms with E-state index in [0.717, 1.165) is 6.07 Å². The Kier molecular flexibility index (Phi) is 5.27. The smallest absolute Gasteiger partial charge is 0.326 e. The third-order valence-electron chi connectivity index (χ3n) is 2.65. The largest absolute Gasteiger partial charge is 0.480 e. The number of benzene rings is 1. The lowest BCUT2D eigenvalue weighted by Gasteiger charge is -2.27. The molecule has 0 saturated carbocycles. The Balaban J connectivity index is 2.87. The molecule has 0 fully saturated rings. The summed E-state index contributed by atoms with van der Waals surface area (Å²) in [6.07, 6.45) is 0. The van der Waals surface area contributed by atoms with Crippen molar-refractivity contribution in [3.63, 3.8) is 0 Å². The minimum atomic E-state index is -1.21. The number of rotatable bonds is 3. The predicted octanol–water partition coefficient (Wildman–Crippen LogP) is 3.35. The summed E-state index contributed by atoms with van der Waals surface area (Å²) in [6, 6.07) is -0.394. The second-order valence-electron chi connectivity index (χ2n) is 5.48. The molecule has 0 heterocycles. The number of carboxylic acids is 1. The summed E-state index contributed by atoms with van der Waals surface area (Å²) in [5, 5.41) is 13.5. The molecule has 0 spiro atoms. The van der Waals surface area contributed by atoms with Crippen LogP contribution in [-0.2, 0) is 4.79 Å². The molecule has 1 atom stereocenters. The van der Waals surface area contributed by atoms with E-state index in [1.807, 2.05) is 0 Å². The van der Waals surface area contributed by atoms with E-state index < -0.39 is 35.1 Å². The fourth-order valence-corrected chi connectivity index (χ4v) is 1.90. The van der Waals surface area contributed by atoms with Gasteiger partial charge in [-0.25, -0.2) is 18.4 Å². The number of nitrogens with one attached hydrogen (secondary N) is 2. The van der Waals surface area contributed by atoms with Crippen LogP contribution in [0.25, 0.3) is 0 Å². The minimum Gasteiger partial charge on any atom is -0.480 e. The highest BCUT2D eigenvalue weighted by Gasteiger charge is 2.32. The van der Waals surface area contributed by atoms with Crippen LogP contribution in [0.2, 0.25) is 0 Å². The molecule has 21 heavy (non-hydrogen) atoms. The van der Waals surface area contributed by atoms with Crippen molar-refractivity contribution in [2.24, 2.45) is 5.41 Å². The van der Waals surface area contributed by atoms with Crippen molar-refractivity contribution in [2.45, 2.75) is 26.8 Å². The van der Waals surface area contributed by atoms with Crippen LogP contribution in [0.4, 0.5) is 19.3 Å². The van der Waals surface area contributed by atoms with Gasteiger partial charge in [-0.3, -0.25) is 0 Å². The van der Waals surface area contributed by atoms with E-state index in [1.165, 1.54) is 0 Å². The van der Waals surface area contributed by atoms with Gasteiger partial charge >= 0.3 is 12.0 Å². The van der Waals surface area contributed by atoms with E-state index in [4.69, 9.17) is 5.11 Å². The molecular formula is C13H15BrF2N2O3. The van der Waals surface area contributed by atoms with Crippen molar-refractivity contribution in [3.8, 4) is 0 Å². The van der Waals surface area contributed by atoms with E-state index in [9.17, 15) is 18.4 Å². The second kappa shape index (κ2) is 6.38. The summed E-state index contributed by atoms with van der Waals surface area (Å²) in [6.45, 7) is 4.92. The van der Waals surface area contributed by atoms with E-state index in [-0.39, 0.29) is 10.2 Å². The summed E-state index contributed by atoms with van der Waals surface area (Å²) < 4.78 is 26.6. The van der Waals surface area contributed by atoms with Crippen molar-refractivity contribution in [2.75, 3.05) is 5.32 Å².